The number of aromatic nitrogens is 2. The lowest BCUT2D eigenvalue weighted by Crippen LogP contribution is -2.41. The van der Waals surface area contributed by atoms with Gasteiger partial charge in [-0.2, -0.15) is 0 Å². The molecule has 0 fully saturated rings. The van der Waals surface area contributed by atoms with Crippen LogP contribution in [0.2, 0.25) is 10.0 Å². The minimum Gasteiger partial charge on any atom is -0.352 e. The zero-order valence-corrected chi connectivity index (χ0v) is 14.4. The molecule has 1 heterocycles. The maximum absolute atomic E-state index is 12.0. The summed E-state index contributed by atoms with van der Waals surface area (Å²) in [6, 6.07) is 4.43. The number of nitrogens with one attached hydrogen (secondary N) is 2. The predicted molar refractivity (Wildman–Crippen MR) is 92.1 cm³/mol. The van der Waals surface area contributed by atoms with Crippen molar-refractivity contribution in [3.8, 4) is 0 Å². The quantitative estimate of drug-likeness (QED) is 0.820. The molecule has 6 nitrogen and oxygen atoms in total. The van der Waals surface area contributed by atoms with E-state index in [1.165, 1.54) is 12.1 Å². The fourth-order valence-corrected chi connectivity index (χ4v) is 2.43. The summed E-state index contributed by atoms with van der Waals surface area (Å²) in [5.74, 6) is -0.767. The third-order valence-electron chi connectivity index (χ3n) is 3.12. The molecule has 1 atom stereocenters. The van der Waals surface area contributed by atoms with Gasteiger partial charge in [-0.15, -0.1) is 0 Å². The summed E-state index contributed by atoms with van der Waals surface area (Å²) in [7, 11) is 0. The van der Waals surface area contributed by atoms with Crippen molar-refractivity contribution in [3.05, 3.63) is 58.1 Å². The maximum atomic E-state index is 12.0. The van der Waals surface area contributed by atoms with E-state index < -0.39 is 5.91 Å². The number of nitrogens with zero attached hydrogens (tertiary/aromatic N) is 2. The third kappa shape index (κ3) is 5.47. The van der Waals surface area contributed by atoms with Crippen molar-refractivity contribution in [1.29, 1.82) is 0 Å². The van der Waals surface area contributed by atoms with Gasteiger partial charge in [0.15, 0.2) is 0 Å². The first-order valence-corrected chi connectivity index (χ1v) is 7.99. The van der Waals surface area contributed by atoms with Crippen LogP contribution in [0.4, 0.5) is 0 Å². The van der Waals surface area contributed by atoms with Gasteiger partial charge in [0.05, 0.1) is 22.8 Å². The van der Waals surface area contributed by atoms with Gasteiger partial charge in [-0.05, 0) is 25.1 Å². The number of amides is 2. The Hall–Kier alpha value is -2.18. The molecule has 8 heteroatoms. The van der Waals surface area contributed by atoms with Crippen LogP contribution in [0.15, 0.2) is 36.8 Å². The molecule has 0 unspecified atom stereocenters. The second-order valence-electron chi connectivity index (χ2n) is 5.18. The van der Waals surface area contributed by atoms with E-state index in [2.05, 4.69) is 20.6 Å². The lowest BCUT2D eigenvalue weighted by molar-refractivity contribution is -0.120. The molecule has 0 saturated heterocycles. The zero-order valence-electron chi connectivity index (χ0n) is 12.9. The molecule has 0 spiro atoms. The number of carbonyl (C=O) groups is 2. The van der Waals surface area contributed by atoms with Crippen LogP contribution in [0.3, 0.4) is 0 Å². The summed E-state index contributed by atoms with van der Waals surface area (Å²) >= 11 is 11.8. The number of rotatable bonds is 6. The van der Waals surface area contributed by atoms with Crippen LogP contribution < -0.4 is 10.6 Å². The highest BCUT2D eigenvalue weighted by molar-refractivity contribution is 6.35. The summed E-state index contributed by atoms with van der Waals surface area (Å²) in [6.07, 6.45) is 5.38. The molecule has 0 saturated carbocycles. The first-order chi connectivity index (χ1) is 11.5. The van der Waals surface area contributed by atoms with Gasteiger partial charge < -0.3 is 10.6 Å². The SMILES string of the molecule is C[C@@H](Cc1cnccn1)NC(=O)CNC(=O)c1cc(Cl)ccc1Cl. The first-order valence-electron chi connectivity index (χ1n) is 7.23. The molecule has 2 amide bonds. The third-order valence-corrected chi connectivity index (χ3v) is 3.69. The fourth-order valence-electron chi connectivity index (χ4n) is 2.05. The van der Waals surface area contributed by atoms with E-state index in [4.69, 9.17) is 23.2 Å². The standard InChI is InChI=1S/C16H16Cl2N4O2/c1-10(6-12-8-19-4-5-20-12)22-15(23)9-21-16(24)13-7-11(17)2-3-14(13)18/h2-5,7-8,10H,6,9H2,1H3,(H,21,24)(H,22,23)/t10-/m0/s1. The number of benzene rings is 1. The van der Waals surface area contributed by atoms with E-state index in [9.17, 15) is 9.59 Å². The molecule has 0 bridgehead atoms. The largest absolute Gasteiger partial charge is 0.352 e. The van der Waals surface area contributed by atoms with E-state index in [1.807, 2.05) is 6.92 Å². The Morgan fingerprint density at radius 2 is 2.04 bits per heavy atom. The monoisotopic (exact) mass is 366 g/mol. The van der Waals surface area contributed by atoms with Crippen molar-refractivity contribution in [1.82, 2.24) is 20.6 Å². The fraction of sp³-hybridized carbons (Fsp3) is 0.250. The van der Waals surface area contributed by atoms with E-state index in [-0.39, 0.29) is 29.1 Å². The van der Waals surface area contributed by atoms with Crippen molar-refractivity contribution < 1.29 is 9.59 Å². The molecule has 0 aliphatic heterocycles. The van der Waals surface area contributed by atoms with Gasteiger partial charge in [-0.25, -0.2) is 0 Å². The van der Waals surface area contributed by atoms with Crippen molar-refractivity contribution in [2.75, 3.05) is 6.54 Å². The smallest absolute Gasteiger partial charge is 0.253 e. The van der Waals surface area contributed by atoms with Gasteiger partial charge >= 0.3 is 0 Å². The molecule has 2 rings (SSSR count). The minimum absolute atomic E-state index is 0.138. The van der Waals surface area contributed by atoms with Crippen LogP contribution in [0.25, 0.3) is 0 Å². The van der Waals surface area contributed by atoms with E-state index in [1.54, 1.807) is 24.7 Å². The Bertz CT molecular complexity index is 725. The molecular formula is C16H16Cl2N4O2. The number of halogens is 2. The summed E-state index contributed by atoms with van der Waals surface area (Å²) < 4.78 is 0. The van der Waals surface area contributed by atoms with Crippen molar-refractivity contribution in [2.24, 2.45) is 0 Å². The van der Waals surface area contributed by atoms with Gasteiger partial charge in [0.2, 0.25) is 5.91 Å². The molecule has 0 aliphatic carbocycles. The van der Waals surface area contributed by atoms with Gasteiger partial charge in [-0.1, -0.05) is 23.2 Å². The molecule has 24 heavy (non-hydrogen) atoms. The first kappa shape index (κ1) is 18.2. The minimum atomic E-state index is -0.459. The van der Waals surface area contributed by atoms with Crippen LogP contribution in [-0.4, -0.2) is 34.4 Å². The van der Waals surface area contributed by atoms with Crippen molar-refractivity contribution in [3.63, 3.8) is 0 Å². The van der Waals surface area contributed by atoms with E-state index in [0.29, 0.717) is 11.4 Å². The highest BCUT2D eigenvalue weighted by atomic mass is 35.5. The zero-order chi connectivity index (χ0) is 17.5. The Morgan fingerprint density at radius 1 is 1.25 bits per heavy atom. The average molecular weight is 367 g/mol. The number of hydrogen-bond acceptors (Lipinski definition) is 4. The number of hydrogen-bond donors (Lipinski definition) is 2. The lowest BCUT2D eigenvalue weighted by Gasteiger charge is -2.14. The predicted octanol–water partition coefficient (Wildman–Crippen LogP) is 2.26. The topological polar surface area (TPSA) is 84.0 Å². The van der Waals surface area contributed by atoms with Gasteiger partial charge in [0, 0.05) is 36.1 Å². The summed E-state index contributed by atoms with van der Waals surface area (Å²) in [4.78, 5) is 32.1. The average Bonchev–Trinajstić information content (AvgIpc) is 2.55. The van der Waals surface area contributed by atoms with Gasteiger partial charge in [-0.3, -0.25) is 19.6 Å². The highest BCUT2D eigenvalue weighted by Crippen LogP contribution is 2.20. The Morgan fingerprint density at radius 3 is 2.75 bits per heavy atom. The van der Waals surface area contributed by atoms with Gasteiger partial charge in [0.1, 0.15) is 0 Å². The Labute approximate surface area is 149 Å². The summed E-state index contributed by atoms with van der Waals surface area (Å²) in [6.45, 7) is 1.69. The molecule has 1 aromatic heterocycles. The molecule has 2 aromatic rings. The molecule has 0 aliphatic rings. The van der Waals surface area contributed by atoms with Gasteiger partial charge in [0.25, 0.3) is 5.91 Å². The molecule has 0 radical (unpaired) electrons. The van der Waals surface area contributed by atoms with E-state index >= 15 is 0 Å². The van der Waals surface area contributed by atoms with Crippen LogP contribution in [0, 0.1) is 0 Å². The van der Waals surface area contributed by atoms with Crippen LogP contribution in [-0.2, 0) is 11.2 Å². The van der Waals surface area contributed by atoms with E-state index in [0.717, 1.165) is 5.69 Å². The maximum Gasteiger partial charge on any atom is 0.253 e. The van der Waals surface area contributed by atoms with Crippen molar-refractivity contribution >= 4 is 35.0 Å². The second-order valence-corrected chi connectivity index (χ2v) is 6.02. The summed E-state index contributed by atoms with van der Waals surface area (Å²) in [5, 5.41) is 5.96. The van der Waals surface area contributed by atoms with Crippen molar-refractivity contribution in [2.45, 2.75) is 19.4 Å². The molecular weight excluding hydrogens is 351 g/mol. The molecule has 2 N–H and O–H groups in total. The Balaban J connectivity index is 1.82. The second kappa shape index (κ2) is 8.61. The normalized spacial score (nSPS) is 11.6. The van der Waals surface area contributed by atoms with Crippen LogP contribution >= 0.6 is 23.2 Å². The number of carbonyl (C=O) groups excluding carboxylic acids is 2. The van der Waals surface area contributed by atoms with Crippen LogP contribution in [0.1, 0.15) is 23.0 Å². The van der Waals surface area contributed by atoms with Crippen LogP contribution in [0.5, 0.6) is 0 Å². The summed E-state index contributed by atoms with van der Waals surface area (Å²) in [5.41, 5.74) is 1.00. The lowest BCUT2D eigenvalue weighted by atomic mass is 10.2. The highest BCUT2D eigenvalue weighted by Gasteiger charge is 2.14. The molecule has 1 aromatic carbocycles. The molecule has 126 valence electrons. The Kier molecular flexibility index (Phi) is 6.52.